The molecule has 0 saturated carbocycles. The van der Waals surface area contributed by atoms with Crippen LogP contribution >= 0.6 is 0 Å². The second-order valence-electron chi connectivity index (χ2n) is 9.16. The average Bonchev–Trinajstić information content (AvgIpc) is 3.08. The molecule has 186 valence electrons. The first-order valence-electron chi connectivity index (χ1n) is 12.4. The molecule has 3 rings (SSSR count). The number of fused-ring (bicyclic) bond motifs is 1. The molecule has 0 radical (unpaired) electrons. The molecule has 0 aromatic heterocycles. The molecule has 0 unspecified atom stereocenters. The van der Waals surface area contributed by atoms with Gasteiger partial charge in [-0.2, -0.15) is 0 Å². The van der Waals surface area contributed by atoms with E-state index in [1.807, 2.05) is 52.0 Å². The summed E-state index contributed by atoms with van der Waals surface area (Å²) in [4.78, 5) is 54.5. The second-order valence-corrected chi connectivity index (χ2v) is 9.16. The summed E-state index contributed by atoms with van der Waals surface area (Å²) in [6.45, 7) is 8.31. The van der Waals surface area contributed by atoms with Gasteiger partial charge in [0.05, 0.1) is 11.1 Å². The van der Waals surface area contributed by atoms with Crippen molar-refractivity contribution in [3.8, 4) is 0 Å². The van der Waals surface area contributed by atoms with Crippen molar-refractivity contribution in [2.75, 3.05) is 6.54 Å². The van der Waals surface area contributed by atoms with Crippen molar-refractivity contribution in [3.63, 3.8) is 0 Å². The minimum absolute atomic E-state index is 0.0151. The highest BCUT2D eigenvalue weighted by Crippen LogP contribution is 2.23. The van der Waals surface area contributed by atoms with Crippen molar-refractivity contribution in [1.82, 2.24) is 15.1 Å². The third-order valence-corrected chi connectivity index (χ3v) is 6.47. The Morgan fingerprint density at radius 2 is 1.63 bits per heavy atom. The maximum absolute atomic E-state index is 13.4. The van der Waals surface area contributed by atoms with Crippen LogP contribution in [0.2, 0.25) is 0 Å². The van der Waals surface area contributed by atoms with E-state index in [-0.39, 0.29) is 42.6 Å². The van der Waals surface area contributed by atoms with Crippen LogP contribution in [0.3, 0.4) is 0 Å². The van der Waals surface area contributed by atoms with Crippen LogP contribution in [0.1, 0.15) is 78.3 Å². The average molecular weight is 478 g/mol. The van der Waals surface area contributed by atoms with Gasteiger partial charge < -0.3 is 10.2 Å². The van der Waals surface area contributed by atoms with Crippen molar-refractivity contribution in [3.05, 3.63) is 70.8 Å². The summed E-state index contributed by atoms with van der Waals surface area (Å²) < 4.78 is 0. The lowest BCUT2D eigenvalue weighted by Gasteiger charge is -2.31. The van der Waals surface area contributed by atoms with Crippen molar-refractivity contribution in [2.24, 2.45) is 0 Å². The Morgan fingerprint density at radius 1 is 0.971 bits per heavy atom. The van der Waals surface area contributed by atoms with Crippen molar-refractivity contribution >= 4 is 23.6 Å². The molecule has 1 aliphatic heterocycles. The maximum Gasteiger partial charge on any atom is 0.261 e. The minimum atomic E-state index is -0.601. The van der Waals surface area contributed by atoms with Gasteiger partial charge in [-0.3, -0.25) is 24.1 Å². The quantitative estimate of drug-likeness (QED) is 0.494. The van der Waals surface area contributed by atoms with E-state index < -0.39 is 6.04 Å². The normalized spacial score (nSPS) is 14.5. The van der Waals surface area contributed by atoms with Gasteiger partial charge in [0.15, 0.2) is 0 Å². The number of hydrogen-bond acceptors (Lipinski definition) is 4. The number of nitrogens with one attached hydrogen (secondary N) is 1. The molecule has 4 amide bonds. The number of carbonyl (C=O) groups is 4. The van der Waals surface area contributed by atoms with Crippen LogP contribution < -0.4 is 5.32 Å². The Labute approximate surface area is 207 Å². The fourth-order valence-corrected chi connectivity index (χ4v) is 4.34. The Kier molecular flexibility index (Phi) is 8.79. The lowest BCUT2D eigenvalue weighted by Crippen LogP contribution is -2.50. The topological polar surface area (TPSA) is 86.8 Å². The first-order valence-corrected chi connectivity index (χ1v) is 12.4. The molecule has 0 spiro atoms. The Morgan fingerprint density at radius 3 is 2.20 bits per heavy atom. The van der Waals surface area contributed by atoms with Gasteiger partial charge in [0.1, 0.15) is 6.04 Å². The summed E-state index contributed by atoms with van der Waals surface area (Å²) in [6, 6.07) is 14.1. The molecular weight excluding hydrogens is 442 g/mol. The number of carbonyl (C=O) groups excluding carboxylic acids is 4. The standard InChI is InChI=1S/C28H35N3O4/c1-5-20(4)29-26(33)24(6-2)31(18-21-12-9-11-19(3)17-21)25(32)15-10-16-30-27(34)22-13-7-8-14-23(22)28(30)35/h7-9,11-14,17,20,24H,5-6,10,15-16,18H2,1-4H3,(H,29,33)/t20-,24+/m0/s1. The van der Waals surface area contributed by atoms with E-state index in [4.69, 9.17) is 0 Å². The van der Waals surface area contributed by atoms with E-state index >= 15 is 0 Å². The zero-order valence-corrected chi connectivity index (χ0v) is 21.0. The highest BCUT2D eigenvalue weighted by Gasteiger charge is 2.35. The van der Waals surface area contributed by atoms with Gasteiger partial charge >= 0.3 is 0 Å². The van der Waals surface area contributed by atoms with Gasteiger partial charge in [-0.15, -0.1) is 0 Å². The highest BCUT2D eigenvalue weighted by molar-refractivity contribution is 6.21. The van der Waals surface area contributed by atoms with Crippen molar-refractivity contribution in [1.29, 1.82) is 0 Å². The Balaban J connectivity index is 1.71. The maximum atomic E-state index is 13.4. The minimum Gasteiger partial charge on any atom is -0.352 e. The summed E-state index contributed by atoms with van der Waals surface area (Å²) in [6.07, 6.45) is 1.75. The van der Waals surface area contributed by atoms with Crippen LogP contribution in [0.15, 0.2) is 48.5 Å². The summed E-state index contributed by atoms with van der Waals surface area (Å²) in [7, 11) is 0. The van der Waals surface area contributed by atoms with E-state index in [1.54, 1.807) is 29.2 Å². The number of hydrogen-bond donors (Lipinski definition) is 1. The van der Waals surface area contributed by atoms with Crippen LogP contribution in [0.25, 0.3) is 0 Å². The Hall–Kier alpha value is -3.48. The summed E-state index contributed by atoms with van der Waals surface area (Å²) in [5.74, 6) is -0.986. The van der Waals surface area contributed by atoms with Gasteiger partial charge in [-0.05, 0) is 50.8 Å². The van der Waals surface area contributed by atoms with Gasteiger partial charge in [0.2, 0.25) is 11.8 Å². The molecular formula is C28H35N3O4. The molecule has 1 N–H and O–H groups in total. The fraction of sp³-hybridized carbons (Fsp3) is 0.429. The molecule has 0 bridgehead atoms. The third-order valence-electron chi connectivity index (χ3n) is 6.47. The Bertz CT molecular complexity index is 1060. The number of benzene rings is 2. The molecule has 1 aliphatic rings. The van der Waals surface area contributed by atoms with Crippen LogP contribution in [0, 0.1) is 6.92 Å². The summed E-state index contributed by atoms with van der Waals surface area (Å²) >= 11 is 0. The van der Waals surface area contributed by atoms with Gasteiger partial charge in [-0.25, -0.2) is 0 Å². The smallest absolute Gasteiger partial charge is 0.261 e. The SMILES string of the molecule is CC[C@H](C(=O)N[C@@H](C)CC)N(Cc1cccc(C)c1)C(=O)CCCN1C(=O)c2ccccc2C1=O. The zero-order chi connectivity index (χ0) is 25.5. The molecule has 7 heteroatoms. The zero-order valence-electron chi connectivity index (χ0n) is 21.0. The highest BCUT2D eigenvalue weighted by atomic mass is 16.2. The van der Waals surface area contributed by atoms with E-state index in [9.17, 15) is 19.2 Å². The number of amides is 4. The van der Waals surface area contributed by atoms with Crippen LogP contribution in [-0.2, 0) is 16.1 Å². The summed E-state index contributed by atoms with van der Waals surface area (Å²) in [5, 5.41) is 3.01. The lowest BCUT2D eigenvalue weighted by molar-refractivity contribution is -0.141. The number of nitrogens with zero attached hydrogens (tertiary/aromatic N) is 2. The molecule has 0 fully saturated rings. The third kappa shape index (κ3) is 6.15. The first-order chi connectivity index (χ1) is 16.8. The molecule has 2 aromatic rings. The van der Waals surface area contributed by atoms with E-state index in [1.165, 1.54) is 4.90 Å². The van der Waals surface area contributed by atoms with Crippen LogP contribution in [-0.4, -0.2) is 52.1 Å². The van der Waals surface area contributed by atoms with Crippen LogP contribution in [0.4, 0.5) is 0 Å². The van der Waals surface area contributed by atoms with E-state index in [0.717, 1.165) is 17.5 Å². The molecule has 1 heterocycles. The van der Waals surface area contributed by atoms with Gasteiger partial charge in [0.25, 0.3) is 11.8 Å². The predicted molar refractivity (Wildman–Crippen MR) is 135 cm³/mol. The molecule has 2 atom stereocenters. The van der Waals surface area contributed by atoms with Gasteiger partial charge in [-0.1, -0.05) is 55.8 Å². The number of aryl methyl sites for hydroxylation is 1. The van der Waals surface area contributed by atoms with Gasteiger partial charge in [0, 0.05) is 25.6 Å². The second kappa shape index (κ2) is 11.8. The van der Waals surface area contributed by atoms with Crippen molar-refractivity contribution < 1.29 is 19.2 Å². The van der Waals surface area contributed by atoms with Crippen LogP contribution in [0.5, 0.6) is 0 Å². The lowest BCUT2D eigenvalue weighted by atomic mass is 10.1. The monoisotopic (exact) mass is 477 g/mol. The first kappa shape index (κ1) is 26.1. The fourth-order valence-electron chi connectivity index (χ4n) is 4.34. The molecule has 0 aliphatic carbocycles. The van der Waals surface area contributed by atoms with E-state index in [2.05, 4.69) is 5.32 Å². The predicted octanol–water partition coefficient (Wildman–Crippen LogP) is 4.09. The largest absolute Gasteiger partial charge is 0.352 e. The molecule has 7 nitrogen and oxygen atoms in total. The number of imide groups is 1. The molecule has 35 heavy (non-hydrogen) atoms. The van der Waals surface area contributed by atoms with E-state index in [0.29, 0.717) is 30.5 Å². The van der Waals surface area contributed by atoms with Crippen molar-refractivity contribution in [2.45, 2.75) is 72.0 Å². The molecule has 0 saturated heterocycles. The summed E-state index contributed by atoms with van der Waals surface area (Å²) in [5.41, 5.74) is 2.83. The number of rotatable bonds is 11. The molecule has 2 aromatic carbocycles.